The lowest BCUT2D eigenvalue weighted by Gasteiger charge is -2.22. The number of hydrogen-bond acceptors (Lipinski definition) is 5. The first-order chi connectivity index (χ1) is 9.13. The Morgan fingerprint density at radius 1 is 1.53 bits per heavy atom. The molecular formula is C14H18N2O2S. The van der Waals surface area contributed by atoms with Gasteiger partial charge in [0.05, 0.1) is 11.8 Å². The predicted molar refractivity (Wildman–Crippen MR) is 73.1 cm³/mol. The van der Waals surface area contributed by atoms with Gasteiger partial charge in [-0.15, -0.1) is 11.3 Å². The molecule has 19 heavy (non-hydrogen) atoms. The molecule has 2 heterocycles. The summed E-state index contributed by atoms with van der Waals surface area (Å²) in [4.78, 5) is 16.8. The molecule has 1 fully saturated rings. The van der Waals surface area contributed by atoms with E-state index in [1.165, 1.54) is 11.3 Å². The Hall–Kier alpha value is -1.25. The molecule has 0 spiro atoms. The second kappa shape index (κ2) is 6.27. The summed E-state index contributed by atoms with van der Waals surface area (Å²) in [5.41, 5.74) is 0.958. The molecule has 1 aliphatic heterocycles. The zero-order valence-corrected chi connectivity index (χ0v) is 12.1. The number of hydrogen-bond donors (Lipinski definition) is 0. The lowest BCUT2D eigenvalue weighted by atomic mass is 9.88. The third-order valence-electron chi connectivity index (χ3n) is 3.42. The van der Waals surface area contributed by atoms with E-state index in [0.717, 1.165) is 18.5 Å². The number of carbonyl (C=O) groups is 1. The van der Waals surface area contributed by atoms with Crippen LogP contribution >= 0.6 is 11.3 Å². The van der Waals surface area contributed by atoms with E-state index < -0.39 is 5.92 Å². The average molecular weight is 278 g/mol. The highest BCUT2D eigenvalue weighted by atomic mass is 32.1. The van der Waals surface area contributed by atoms with Gasteiger partial charge in [-0.3, -0.25) is 4.79 Å². The second-order valence-corrected chi connectivity index (χ2v) is 6.01. The quantitative estimate of drug-likeness (QED) is 0.849. The van der Waals surface area contributed by atoms with Gasteiger partial charge < -0.3 is 4.74 Å². The van der Waals surface area contributed by atoms with Crippen molar-refractivity contribution in [1.29, 1.82) is 5.26 Å². The number of rotatable bonds is 4. The molecule has 0 radical (unpaired) electrons. The molecule has 0 aliphatic carbocycles. The first-order valence-corrected chi connectivity index (χ1v) is 7.48. The fourth-order valence-electron chi connectivity index (χ4n) is 2.16. The lowest BCUT2D eigenvalue weighted by Crippen LogP contribution is -2.27. The molecule has 5 heteroatoms. The molecule has 0 N–H and O–H groups in total. The van der Waals surface area contributed by atoms with Crippen LogP contribution in [-0.4, -0.2) is 24.0 Å². The van der Waals surface area contributed by atoms with Crippen molar-refractivity contribution in [3.8, 4) is 6.07 Å². The van der Waals surface area contributed by atoms with Crippen molar-refractivity contribution in [2.24, 2.45) is 5.92 Å². The molecule has 0 unspecified atom stereocenters. The molecule has 102 valence electrons. The Morgan fingerprint density at radius 3 is 2.74 bits per heavy atom. The minimum Gasteiger partial charge on any atom is -0.381 e. The van der Waals surface area contributed by atoms with Crippen LogP contribution in [0.25, 0.3) is 0 Å². The topological polar surface area (TPSA) is 63.0 Å². The summed E-state index contributed by atoms with van der Waals surface area (Å²) >= 11 is 1.42. The van der Waals surface area contributed by atoms with Crippen LogP contribution in [0.2, 0.25) is 0 Å². The highest BCUT2D eigenvalue weighted by Gasteiger charge is 2.31. The van der Waals surface area contributed by atoms with Gasteiger partial charge in [0.2, 0.25) is 0 Å². The monoisotopic (exact) mass is 278 g/mol. The summed E-state index contributed by atoms with van der Waals surface area (Å²) < 4.78 is 5.26. The van der Waals surface area contributed by atoms with Gasteiger partial charge in [-0.05, 0) is 18.8 Å². The van der Waals surface area contributed by atoms with Gasteiger partial charge in [0.25, 0.3) is 0 Å². The van der Waals surface area contributed by atoms with Crippen molar-refractivity contribution in [2.45, 2.75) is 38.5 Å². The molecule has 0 saturated carbocycles. The molecule has 2 rings (SSSR count). The Balaban J connectivity index is 2.14. The van der Waals surface area contributed by atoms with E-state index in [1.54, 1.807) is 0 Å². The zero-order chi connectivity index (χ0) is 13.8. The Labute approximate surface area is 117 Å². The Morgan fingerprint density at radius 2 is 2.21 bits per heavy atom. The van der Waals surface area contributed by atoms with Gasteiger partial charge in [0.15, 0.2) is 11.7 Å². The van der Waals surface area contributed by atoms with E-state index in [9.17, 15) is 10.1 Å². The van der Waals surface area contributed by atoms with Gasteiger partial charge in [-0.1, -0.05) is 13.8 Å². The third kappa shape index (κ3) is 3.20. The maximum absolute atomic E-state index is 12.4. The van der Waals surface area contributed by atoms with Crippen molar-refractivity contribution < 1.29 is 9.53 Å². The van der Waals surface area contributed by atoms with Gasteiger partial charge >= 0.3 is 0 Å². The molecule has 1 aliphatic rings. The molecule has 1 aromatic heterocycles. The van der Waals surface area contributed by atoms with Crippen LogP contribution in [0.3, 0.4) is 0 Å². The smallest absolute Gasteiger partial charge is 0.160 e. The van der Waals surface area contributed by atoms with Crippen LogP contribution < -0.4 is 0 Å². The van der Waals surface area contributed by atoms with E-state index in [4.69, 9.17) is 4.74 Å². The molecular weight excluding hydrogens is 260 g/mol. The molecule has 1 atom stereocenters. The largest absolute Gasteiger partial charge is 0.381 e. The van der Waals surface area contributed by atoms with Gasteiger partial charge in [-0.2, -0.15) is 5.26 Å². The number of aromatic nitrogens is 1. The van der Waals surface area contributed by atoms with Crippen LogP contribution in [0.1, 0.15) is 49.2 Å². The molecule has 0 amide bonds. The summed E-state index contributed by atoms with van der Waals surface area (Å²) in [6.45, 7) is 5.34. The van der Waals surface area contributed by atoms with Crippen LogP contribution in [-0.2, 0) is 9.53 Å². The van der Waals surface area contributed by atoms with Crippen LogP contribution in [0.4, 0.5) is 0 Å². The van der Waals surface area contributed by atoms with Crippen molar-refractivity contribution >= 4 is 17.1 Å². The standard InChI is InChI=1S/C14H18N2O2S/c1-9(2)12-8-19-14(16-12)11(7-15)13(17)10-3-5-18-6-4-10/h8-11H,3-6H2,1-2H3/t11-/m0/s1. The number of carbonyl (C=O) groups excluding carboxylic acids is 1. The minimum atomic E-state index is -0.708. The fourth-order valence-corrected chi connectivity index (χ4v) is 3.19. The SMILES string of the molecule is CC(C)c1csc([C@@H](C#N)C(=O)C2CCOCC2)n1. The van der Waals surface area contributed by atoms with E-state index in [0.29, 0.717) is 24.1 Å². The van der Waals surface area contributed by atoms with E-state index >= 15 is 0 Å². The molecule has 0 bridgehead atoms. The number of nitrogens with zero attached hydrogens (tertiary/aromatic N) is 2. The predicted octanol–water partition coefficient (Wildman–Crippen LogP) is 2.87. The van der Waals surface area contributed by atoms with E-state index in [-0.39, 0.29) is 11.7 Å². The first-order valence-electron chi connectivity index (χ1n) is 6.60. The van der Waals surface area contributed by atoms with Crippen molar-refractivity contribution in [3.05, 3.63) is 16.1 Å². The zero-order valence-electron chi connectivity index (χ0n) is 11.3. The number of ketones is 1. The first kappa shape index (κ1) is 14.2. The maximum atomic E-state index is 12.4. The summed E-state index contributed by atoms with van der Waals surface area (Å²) in [6, 6.07) is 2.13. The summed E-state index contributed by atoms with van der Waals surface area (Å²) in [5.74, 6) is -0.427. The number of ether oxygens (including phenoxy) is 1. The highest BCUT2D eigenvalue weighted by Crippen LogP contribution is 2.29. The van der Waals surface area contributed by atoms with E-state index in [1.807, 2.05) is 5.38 Å². The van der Waals surface area contributed by atoms with Crippen molar-refractivity contribution in [3.63, 3.8) is 0 Å². The van der Waals surface area contributed by atoms with Gasteiger partial charge in [-0.25, -0.2) is 4.98 Å². The fraction of sp³-hybridized carbons (Fsp3) is 0.643. The molecule has 1 saturated heterocycles. The molecule has 0 aromatic carbocycles. The highest BCUT2D eigenvalue weighted by molar-refractivity contribution is 7.10. The summed E-state index contributed by atoms with van der Waals surface area (Å²) in [5, 5.41) is 11.9. The van der Waals surface area contributed by atoms with Crippen molar-refractivity contribution in [2.75, 3.05) is 13.2 Å². The second-order valence-electron chi connectivity index (χ2n) is 5.12. The molecule has 4 nitrogen and oxygen atoms in total. The third-order valence-corrected chi connectivity index (χ3v) is 4.34. The Bertz CT molecular complexity index is 484. The summed E-state index contributed by atoms with van der Waals surface area (Å²) in [7, 11) is 0. The van der Waals surface area contributed by atoms with Crippen LogP contribution in [0.15, 0.2) is 5.38 Å². The molecule has 1 aromatic rings. The minimum absolute atomic E-state index is 0.00968. The Kier molecular flexibility index (Phi) is 4.67. The number of thiazole rings is 1. The van der Waals surface area contributed by atoms with Crippen molar-refractivity contribution in [1.82, 2.24) is 4.98 Å². The van der Waals surface area contributed by atoms with Gasteiger partial charge in [0.1, 0.15) is 5.01 Å². The van der Waals surface area contributed by atoms with E-state index in [2.05, 4.69) is 24.9 Å². The summed E-state index contributed by atoms with van der Waals surface area (Å²) in [6.07, 6.45) is 1.44. The van der Waals surface area contributed by atoms with Gasteiger partial charge in [0, 0.05) is 24.5 Å². The van der Waals surface area contributed by atoms with Crippen LogP contribution in [0, 0.1) is 17.2 Å². The average Bonchev–Trinajstić information content (AvgIpc) is 2.90. The number of nitriles is 1. The van der Waals surface area contributed by atoms with Crippen LogP contribution in [0.5, 0.6) is 0 Å². The lowest BCUT2D eigenvalue weighted by molar-refractivity contribution is -0.126. The normalized spacial score (nSPS) is 18.2. The maximum Gasteiger partial charge on any atom is 0.160 e. The number of Topliss-reactive ketones (excluding diaryl/α,β-unsaturated/α-hetero) is 1.